The van der Waals surface area contributed by atoms with Crippen LogP contribution in [0.25, 0.3) is 0 Å². The number of hydrogen-bond donors (Lipinski definition) is 0. The highest BCUT2D eigenvalue weighted by molar-refractivity contribution is 5.94. The van der Waals surface area contributed by atoms with Gasteiger partial charge in [-0.1, -0.05) is 26.0 Å². The molecule has 0 spiro atoms. The van der Waals surface area contributed by atoms with Crippen LogP contribution < -0.4 is 0 Å². The Labute approximate surface area is 114 Å². The maximum Gasteiger partial charge on any atom is 0.253 e. The fourth-order valence-corrected chi connectivity index (χ4v) is 2.27. The van der Waals surface area contributed by atoms with Gasteiger partial charge >= 0.3 is 0 Å². The van der Waals surface area contributed by atoms with Gasteiger partial charge in [-0.2, -0.15) is 5.06 Å². The molecular formula is C15H22N2O2. The van der Waals surface area contributed by atoms with E-state index in [1.807, 2.05) is 34.2 Å². The number of hydrogen-bond acceptors (Lipinski definition) is 3. The second-order valence-corrected chi connectivity index (χ2v) is 5.18. The molecule has 104 valence electrons. The molecule has 4 heteroatoms. The second kappa shape index (κ2) is 6.17. The van der Waals surface area contributed by atoms with E-state index in [-0.39, 0.29) is 5.91 Å². The van der Waals surface area contributed by atoms with Crippen molar-refractivity contribution in [1.29, 1.82) is 0 Å². The molecule has 1 aromatic carbocycles. The minimum Gasteiger partial charge on any atom is -0.336 e. The topological polar surface area (TPSA) is 32.8 Å². The number of rotatable bonds is 3. The van der Waals surface area contributed by atoms with Crippen LogP contribution in [0.5, 0.6) is 0 Å². The van der Waals surface area contributed by atoms with Crippen molar-refractivity contribution in [2.45, 2.75) is 19.8 Å². The summed E-state index contributed by atoms with van der Waals surface area (Å²) in [6.45, 7) is 7.29. The third kappa shape index (κ3) is 3.33. The van der Waals surface area contributed by atoms with Crippen LogP contribution in [0.3, 0.4) is 0 Å². The van der Waals surface area contributed by atoms with Crippen LogP contribution in [0.4, 0.5) is 0 Å². The van der Waals surface area contributed by atoms with E-state index in [1.165, 1.54) is 5.56 Å². The van der Waals surface area contributed by atoms with Gasteiger partial charge in [-0.25, -0.2) is 0 Å². The molecule has 4 nitrogen and oxygen atoms in total. The molecule has 0 aliphatic carbocycles. The van der Waals surface area contributed by atoms with Gasteiger partial charge in [0.1, 0.15) is 0 Å². The Morgan fingerprint density at radius 2 is 1.68 bits per heavy atom. The SMILES string of the molecule is CON1CCN(C(=O)c2ccc(C(C)C)cc2)CC1. The van der Waals surface area contributed by atoms with E-state index >= 15 is 0 Å². The highest BCUT2D eigenvalue weighted by atomic mass is 16.7. The zero-order valence-electron chi connectivity index (χ0n) is 11.9. The zero-order chi connectivity index (χ0) is 13.8. The summed E-state index contributed by atoms with van der Waals surface area (Å²) < 4.78 is 0. The number of carbonyl (C=O) groups is 1. The summed E-state index contributed by atoms with van der Waals surface area (Å²) in [5.74, 6) is 0.612. The molecule has 0 N–H and O–H groups in total. The number of nitrogens with zero attached hydrogens (tertiary/aromatic N) is 2. The van der Waals surface area contributed by atoms with Gasteiger partial charge in [-0.05, 0) is 23.6 Å². The third-order valence-corrected chi connectivity index (χ3v) is 3.61. The number of hydroxylamine groups is 2. The number of piperazine rings is 1. The lowest BCUT2D eigenvalue weighted by atomic mass is 10.0. The van der Waals surface area contributed by atoms with Crippen molar-refractivity contribution in [1.82, 2.24) is 9.96 Å². The largest absolute Gasteiger partial charge is 0.336 e. The quantitative estimate of drug-likeness (QED) is 0.836. The molecule has 2 rings (SSSR count). The van der Waals surface area contributed by atoms with Crippen molar-refractivity contribution in [3.05, 3.63) is 35.4 Å². The van der Waals surface area contributed by atoms with Crippen molar-refractivity contribution in [3.63, 3.8) is 0 Å². The minimum atomic E-state index is 0.117. The molecule has 1 aliphatic rings. The molecule has 0 saturated carbocycles. The first-order valence-corrected chi connectivity index (χ1v) is 6.80. The van der Waals surface area contributed by atoms with Crippen LogP contribution in [-0.4, -0.2) is 49.2 Å². The fourth-order valence-electron chi connectivity index (χ4n) is 2.27. The average molecular weight is 262 g/mol. The van der Waals surface area contributed by atoms with Gasteiger partial charge in [-0.3, -0.25) is 4.79 Å². The van der Waals surface area contributed by atoms with Gasteiger partial charge in [0.2, 0.25) is 0 Å². The summed E-state index contributed by atoms with van der Waals surface area (Å²) in [6, 6.07) is 7.95. The van der Waals surface area contributed by atoms with Crippen LogP contribution in [-0.2, 0) is 4.84 Å². The van der Waals surface area contributed by atoms with Crippen molar-refractivity contribution in [3.8, 4) is 0 Å². The predicted octanol–water partition coefficient (Wildman–Crippen LogP) is 2.13. The first-order valence-electron chi connectivity index (χ1n) is 6.80. The van der Waals surface area contributed by atoms with Crippen LogP contribution in [0.1, 0.15) is 35.7 Å². The normalized spacial score (nSPS) is 16.9. The lowest BCUT2D eigenvalue weighted by Gasteiger charge is -2.33. The molecule has 0 unspecified atom stereocenters. The second-order valence-electron chi connectivity index (χ2n) is 5.18. The van der Waals surface area contributed by atoms with E-state index in [0.717, 1.165) is 31.7 Å². The highest BCUT2D eigenvalue weighted by Crippen LogP contribution is 2.16. The Hall–Kier alpha value is -1.39. The molecule has 0 aromatic heterocycles. The van der Waals surface area contributed by atoms with Gasteiger partial charge in [0.05, 0.1) is 7.11 Å². The molecule has 1 heterocycles. The summed E-state index contributed by atoms with van der Waals surface area (Å²) in [7, 11) is 1.67. The Morgan fingerprint density at radius 1 is 1.11 bits per heavy atom. The number of carbonyl (C=O) groups excluding carboxylic acids is 1. The van der Waals surface area contributed by atoms with E-state index in [4.69, 9.17) is 4.84 Å². The molecule has 1 fully saturated rings. The van der Waals surface area contributed by atoms with Crippen molar-refractivity contribution < 1.29 is 9.63 Å². The summed E-state index contributed by atoms with van der Waals surface area (Å²) in [4.78, 5) is 19.4. The Balaban J connectivity index is 2.00. The lowest BCUT2D eigenvalue weighted by molar-refractivity contribution is -0.147. The first kappa shape index (κ1) is 14.0. The van der Waals surface area contributed by atoms with Crippen molar-refractivity contribution in [2.75, 3.05) is 33.3 Å². The maximum atomic E-state index is 12.3. The average Bonchev–Trinajstić information content (AvgIpc) is 2.46. The lowest BCUT2D eigenvalue weighted by Crippen LogP contribution is -2.48. The third-order valence-electron chi connectivity index (χ3n) is 3.61. The molecule has 1 aliphatic heterocycles. The molecule has 1 aromatic rings. The Bertz CT molecular complexity index is 420. The van der Waals surface area contributed by atoms with Crippen LogP contribution in [0, 0.1) is 0 Å². The molecule has 0 atom stereocenters. The van der Waals surface area contributed by atoms with Gasteiger partial charge in [0, 0.05) is 31.7 Å². The van der Waals surface area contributed by atoms with Gasteiger partial charge < -0.3 is 9.74 Å². The van der Waals surface area contributed by atoms with Gasteiger partial charge in [-0.15, -0.1) is 0 Å². The summed E-state index contributed by atoms with van der Waals surface area (Å²) in [6.07, 6.45) is 0. The molecule has 0 radical (unpaired) electrons. The van der Waals surface area contributed by atoms with Crippen molar-refractivity contribution >= 4 is 5.91 Å². The molecule has 0 bridgehead atoms. The van der Waals surface area contributed by atoms with E-state index in [2.05, 4.69) is 13.8 Å². The molecule has 1 amide bonds. The smallest absolute Gasteiger partial charge is 0.253 e. The number of amides is 1. The summed E-state index contributed by atoms with van der Waals surface area (Å²) in [5.41, 5.74) is 2.04. The van der Waals surface area contributed by atoms with Crippen LogP contribution in [0.15, 0.2) is 24.3 Å². The maximum absolute atomic E-state index is 12.3. The van der Waals surface area contributed by atoms with Crippen LogP contribution in [0.2, 0.25) is 0 Å². The zero-order valence-corrected chi connectivity index (χ0v) is 11.9. The highest BCUT2D eigenvalue weighted by Gasteiger charge is 2.21. The van der Waals surface area contributed by atoms with E-state index < -0.39 is 0 Å². The van der Waals surface area contributed by atoms with E-state index in [0.29, 0.717) is 5.92 Å². The van der Waals surface area contributed by atoms with Crippen LogP contribution >= 0.6 is 0 Å². The summed E-state index contributed by atoms with van der Waals surface area (Å²) >= 11 is 0. The van der Waals surface area contributed by atoms with E-state index in [1.54, 1.807) is 7.11 Å². The first-order chi connectivity index (χ1) is 9.11. The fraction of sp³-hybridized carbons (Fsp3) is 0.533. The summed E-state index contributed by atoms with van der Waals surface area (Å²) in [5, 5.41) is 1.88. The monoisotopic (exact) mass is 262 g/mol. The van der Waals surface area contributed by atoms with Gasteiger partial charge in [0.15, 0.2) is 0 Å². The Morgan fingerprint density at radius 3 is 2.16 bits per heavy atom. The standard InChI is InChI=1S/C15H22N2O2/c1-12(2)13-4-6-14(7-5-13)15(18)16-8-10-17(19-3)11-9-16/h4-7,12H,8-11H2,1-3H3. The number of benzene rings is 1. The minimum absolute atomic E-state index is 0.117. The molecule has 1 saturated heterocycles. The van der Waals surface area contributed by atoms with Crippen molar-refractivity contribution in [2.24, 2.45) is 0 Å². The predicted molar refractivity (Wildman–Crippen MR) is 75.0 cm³/mol. The molecule has 19 heavy (non-hydrogen) atoms. The molecular weight excluding hydrogens is 240 g/mol. The van der Waals surface area contributed by atoms with Gasteiger partial charge in [0.25, 0.3) is 5.91 Å². The van der Waals surface area contributed by atoms with E-state index in [9.17, 15) is 4.79 Å². The Kier molecular flexibility index (Phi) is 4.56.